The Morgan fingerprint density at radius 2 is 2.04 bits per heavy atom. The zero-order valence-corrected chi connectivity index (χ0v) is 15.1. The van der Waals surface area contributed by atoms with E-state index in [0.29, 0.717) is 17.0 Å². The van der Waals surface area contributed by atoms with Crippen LogP contribution in [-0.2, 0) is 7.05 Å². The van der Waals surface area contributed by atoms with Crippen LogP contribution in [0.3, 0.4) is 0 Å². The van der Waals surface area contributed by atoms with Gasteiger partial charge in [0.1, 0.15) is 17.5 Å². The Hall–Kier alpha value is -3.66. The van der Waals surface area contributed by atoms with Gasteiger partial charge in [0.05, 0.1) is 5.56 Å². The van der Waals surface area contributed by atoms with Gasteiger partial charge in [-0.2, -0.15) is 5.26 Å². The summed E-state index contributed by atoms with van der Waals surface area (Å²) in [7, 11) is 1.70. The third kappa shape index (κ3) is 3.96. The van der Waals surface area contributed by atoms with Crippen molar-refractivity contribution in [3.8, 4) is 6.07 Å². The zero-order valence-electron chi connectivity index (χ0n) is 15.1. The topological polar surface area (TPSA) is 99.8 Å². The predicted octanol–water partition coefficient (Wildman–Crippen LogP) is 1.99. The van der Waals surface area contributed by atoms with Crippen molar-refractivity contribution < 1.29 is 9.59 Å². The summed E-state index contributed by atoms with van der Waals surface area (Å²) in [6.07, 6.45) is 3.19. The van der Waals surface area contributed by atoms with Gasteiger partial charge in [0.15, 0.2) is 0 Å². The SMILES string of the molecule is C[C@@H](CNC(=O)c1cc(C#N)cn1C)NC(=O)c1nccc2ccccc12. The maximum atomic E-state index is 12.6. The molecule has 1 atom stereocenters. The quantitative estimate of drug-likeness (QED) is 0.726. The third-order valence-electron chi connectivity index (χ3n) is 4.20. The molecular formula is C20H19N5O2. The molecule has 2 amide bonds. The Kier molecular flexibility index (Phi) is 5.18. The minimum atomic E-state index is -0.302. The lowest BCUT2D eigenvalue weighted by molar-refractivity contribution is 0.0907. The number of rotatable bonds is 5. The molecular weight excluding hydrogens is 342 g/mol. The summed E-state index contributed by atoms with van der Waals surface area (Å²) in [4.78, 5) is 29.0. The molecule has 2 N–H and O–H groups in total. The number of carbonyl (C=O) groups excluding carboxylic acids is 2. The minimum Gasteiger partial charge on any atom is -0.349 e. The van der Waals surface area contributed by atoms with Gasteiger partial charge >= 0.3 is 0 Å². The molecule has 7 heteroatoms. The molecule has 0 aliphatic rings. The van der Waals surface area contributed by atoms with Crippen molar-refractivity contribution >= 4 is 22.6 Å². The van der Waals surface area contributed by atoms with Crippen molar-refractivity contribution in [2.45, 2.75) is 13.0 Å². The van der Waals surface area contributed by atoms with Crippen molar-refractivity contribution in [1.29, 1.82) is 5.26 Å². The molecule has 0 aliphatic heterocycles. The van der Waals surface area contributed by atoms with E-state index in [2.05, 4.69) is 15.6 Å². The van der Waals surface area contributed by atoms with E-state index in [9.17, 15) is 9.59 Å². The second kappa shape index (κ2) is 7.70. The third-order valence-corrected chi connectivity index (χ3v) is 4.20. The van der Waals surface area contributed by atoms with E-state index in [1.54, 1.807) is 30.9 Å². The molecule has 3 aromatic rings. The summed E-state index contributed by atoms with van der Waals surface area (Å²) in [6, 6.07) is 12.6. The molecule has 0 spiro atoms. The lowest BCUT2D eigenvalue weighted by Crippen LogP contribution is -2.42. The van der Waals surface area contributed by atoms with Gasteiger partial charge < -0.3 is 15.2 Å². The number of hydrogen-bond donors (Lipinski definition) is 2. The average Bonchev–Trinajstić information content (AvgIpc) is 3.06. The van der Waals surface area contributed by atoms with Gasteiger partial charge in [-0.25, -0.2) is 0 Å². The van der Waals surface area contributed by atoms with Crippen molar-refractivity contribution in [2.24, 2.45) is 7.05 Å². The van der Waals surface area contributed by atoms with Gasteiger partial charge in [-0.3, -0.25) is 14.6 Å². The van der Waals surface area contributed by atoms with Crippen LogP contribution in [0.4, 0.5) is 0 Å². The molecule has 7 nitrogen and oxygen atoms in total. The number of amides is 2. The highest BCUT2D eigenvalue weighted by Crippen LogP contribution is 2.16. The zero-order chi connectivity index (χ0) is 19.4. The molecule has 2 aromatic heterocycles. The van der Waals surface area contributed by atoms with E-state index in [4.69, 9.17) is 5.26 Å². The maximum Gasteiger partial charge on any atom is 0.270 e. The van der Waals surface area contributed by atoms with E-state index < -0.39 is 0 Å². The van der Waals surface area contributed by atoms with Gasteiger partial charge in [0.25, 0.3) is 11.8 Å². The molecule has 2 heterocycles. The number of fused-ring (bicyclic) bond motifs is 1. The van der Waals surface area contributed by atoms with Crippen LogP contribution < -0.4 is 10.6 Å². The highest BCUT2D eigenvalue weighted by molar-refractivity contribution is 6.05. The van der Waals surface area contributed by atoms with Crippen LogP contribution in [0.5, 0.6) is 0 Å². The van der Waals surface area contributed by atoms with Crippen LogP contribution in [0.15, 0.2) is 48.8 Å². The number of benzene rings is 1. The second-order valence-corrected chi connectivity index (χ2v) is 6.30. The Morgan fingerprint density at radius 3 is 2.78 bits per heavy atom. The Morgan fingerprint density at radius 1 is 1.26 bits per heavy atom. The Bertz CT molecular complexity index is 1040. The average molecular weight is 361 g/mol. The monoisotopic (exact) mass is 361 g/mol. The number of nitrogens with one attached hydrogen (secondary N) is 2. The van der Waals surface area contributed by atoms with E-state index in [-0.39, 0.29) is 24.4 Å². The molecule has 0 aliphatic carbocycles. The fourth-order valence-electron chi connectivity index (χ4n) is 2.83. The summed E-state index contributed by atoms with van der Waals surface area (Å²) < 4.78 is 1.59. The van der Waals surface area contributed by atoms with Gasteiger partial charge in [-0.15, -0.1) is 0 Å². The van der Waals surface area contributed by atoms with Crippen molar-refractivity contribution in [1.82, 2.24) is 20.2 Å². The molecule has 0 fully saturated rings. The van der Waals surface area contributed by atoms with Crippen molar-refractivity contribution in [3.05, 3.63) is 65.7 Å². The van der Waals surface area contributed by atoms with E-state index in [1.165, 1.54) is 6.07 Å². The molecule has 0 saturated carbocycles. The summed E-state index contributed by atoms with van der Waals surface area (Å²) in [5.74, 6) is -0.595. The van der Waals surface area contributed by atoms with Crippen molar-refractivity contribution in [3.63, 3.8) is 0 Å². The predicted molar refractivity (Wildman–Crippen MR) is 101 cm³/mol. The van der Waals surface area contributed by atoms with Crippen LogP contribution in [0.2, 0.25) is 0 Å². The number of aromatic nitrogens is 2. The molecule has 136 valence electrons. The van der Waals surface area contributed by atoms with E-state index >= 15 is 0 Å². The number of hydrogen-bond acceptors (Lipinski definition) is 4. The van der Waals surface area contributed by atoms with Crippen LogP contribution >= 0.6 is 0 Å². The van der Waals surface area contributed by atoms with Crippen LogP contribution in [0.25, 0.3) is 10.8 Å². The first-order valence-corrected chi connectivity index (χ1v) is 8.49. The molecule has 0 bridgehead atoms. The summed E-state index contributed by atoms with van der Waals surface area (Å²) in [5, 5.41) is 16.2. The normalized spacial score (nSPS) is 11.6. The highest BCUT2D eigenvalue weighted by atomic mass is 16.2. The standard InChI is InChI=1S/C20H19N5O2/c1-13(11-23-19(26)17-9-14(10-21)12-25(17)2)24-20(27)18-16-6-4-3-5-15(16)7-8-22-18/h3-9,12-13H,11H2,1-2H3,(H,23,26)(H,24,27)/t13-/m0/s1. The van der Waals surface area contributed by atoms with Gasteiger partial charge in [0.2, 0.25) is 0 Å². The molecule has 27 heavy (non-hydrogen) atoms. The van der Waals surface area contributed by atoms with E-state index in [0.717, 1.165) is 10.8 Å². The first-order valence-electron chi connectivity index (χ1n) is 8.49. The van der Waals surface area contributed by atoms with Crippen LogP contribution in [0.1, 0.15) is 33.5 Å². The molecule has 0 saturated heterocycles. The lowest BCUT2D eigenvalue weighted by atomic mass is 10.1. The Balaban J connectivity index is 1.62. The summed E-state index contributed by atoms with van der Waals surface area (Å²) in [6.45, 7) is 2.05. The fourth-order valence-corrected chi connectivity index (χ4v) is 2.83. The van der Waals surface area contributed by atoms with Gasteiger partial charge in [-0.1, -0.05) is 24.3 Å². The van der Waals surface area contributed by atoms with Gasteiger partial charge in [0, 0.05) is 37.4 Å². The van der Waals surface area contributed by atoms with Crippen LogP contribution in [0, 0.1) is 11.3 Å². The molecule has 0 radical (unpaired) electrons. The number of nitrogens with zero attached hydrogens (tertiary/aromatic N) is 3. The van der Waals surface area contributed by atoms with E-state index in [1.807, 2.05) is 36.4 Å². The maximum absolute atomic E-state index is 12.6. The first kappa shape index (κ1) is 18.1. The van der Waals surface area contributed by atoms with Crippen molar-refractivity contribution in [2.75, 3.05) is 6.54 Å². The second-order valence-electron chi connectivity index (χ2n) is 6.30. The molecule has 1 aromatic carbocycles. The fraction of sp³-hybridized carbons (Fsp3) is 0.200. The number of aryl methyl sites for hydroxylation is 1. The molecule has 3 rings (SSSR count). The Labute approximate surface area is 156 Å². The summed E-state index contributed by atoms with van der Waals surface area (Å²) in [5.41, 5.74) is 1.17. The summed E-state index contributed by atoms with van der Waals surface area (Å²) >= 11 is 0. The lowest BCUT2D eigenvalue weighted by Gasteiger charge is -2.15. The van der Waals surface area contributed by atoms with Crippen LogP contribution in [-0.4, -0.2) is 34.0 Å². The number of pyridine rings is 1. The smallest absolute Gasteiger partial charge is 0.270 e. The largest absolute Gasteiger partial charge is 0.349 e. The molecule has 0 unspecified atom stereocenters. The minimum absolute atomic E-state index is 0.252. The number of nitriles is 1. The highest BCUT2D eigenvalue weighted by Gasteiger charge is 2.16. The van der Waals surface area contributed by atoms with Gasteiger partial charge in [-0.05, 0) is 24.4 Å². The first-order chi connectivity index (χ1) is 13.0. The number of carbonyl (C=O) groups is 2.